The third-order valence-corrected chi connectivity index (χ3v) is 5.40. The van der Waals surface area contributed by atoms with Gasteiger partial charge in [-0.3, -0.25) is 4.90 Å². The van der Waals surface area contributed by atoms with E-state index < -0.39 is 0 Å². The molecule has 3 saturated heterocycles. The van der Waals surface area contributed by atoms with E-state index in [9.17, 15) is 0 Å². The first-order chi connectivity index (χ1) is 11.3. The number of hydrogen-bond donors (Lipinski definition) is 1. The first kappa shape index (κ1) is 17.6. The van der Waals surface area contributed by atoms with Gasteiger partial charge in [0.25, 0.3) is 0 Å². The minimum atomic E-state index is -0.131. The molecule has 134 valence electrons. The van der Waals surface area contributed by atoms with E-state index in [4.69, 9.17) is 14.2 Å². The molecule has 3 rings (SSSR count). The van der Waals surface area contributed by atoms with Gasteiger partial charge in [0.1, 0.15) is 5.60 Å². The van der Waals surface area contributed by atoms with Crippen LogP contribution in [0.15, 0.2) is 0 Å². The summed E-state index contributed by atoms with van der Waals surface area (Å²) in [7, 11) is 1.78. The fraction of sp³-hybridized carbons (Fsp3) is 1.00. The highest BCUT2D eigenvalue weighted by molar-refractivity contribution is 4.92. The number of likely N-dealkylation sites (tertiary alicyclic amines) is 1. The molecule has 0 bridgehead atoms. The van der Waals surface area contributed by atoms with Crippen LogP contribution in [0.5, 0.6) is 0 Å². The lowest BCUT2D eigenvalue weighted by molar-refractivity contribution is -0.136. The molecule has 0 aliphatic carbocycles. The zero-order valence-electron chi connectivity index (χ0n) is 14.6. The quantitative estimate of drug-likeness (QED) is 0.769. The van der Waals surface area contributed by atoms with Gasteiger partial charge < -0.3 is 24.4 Å². The van der Waals surface area contributed by atoms with E-state index in [2.05, 4.69) is 15.1 Å². The molecule has 3 heterocycles. The number of methoxy groups -OCH3 is 1. The predicted molar refractivity (Wildman–Crippen MR) is 89.9 cm³/mol. The second-order valence-electron chi connectivity index (χ2n) is 7.27. The van der Waals surface area contributed by atoms with Crippen molar-refractivity contribution in [2.24, 2.45) is 5.92 Å². The molecule has 0 unspecified atom stereocenters. The van der Waals surface area contributed by atoms with Crippen molar-refractivity contribution in [1.29, 1.82) is 0 Å². The summed E-state index contributed by atoms with van der Waals surface area (Å²) in [4.78, 5) is 5.14. The van der Waals surface area contributed by atoms with Crippen LogP contribution in [0, 0.1) is 5.92 Å². The van der Waals surface area contributed by atoms with Gasteiger partial charge in [0.15, 0.2) is 0 Å². The average molecular weight is 327 g/mol. The van der Waals surface area contributed by atoms with Crippen LogP contribution in [0.1, 0.15) is 12.8 Å². The van der Waals surface area contributed by atoms with Gasteiger partial charge >= 0.3 is 0 Å². The third kappa shape index (κ3) is 5.11. The lowest BCUT2D eigenvalue weighted by Gasteiger charge is -2.43. The van der Waals surface area contributed by atoms with Crippen LogP contribution in [0.4, 0.5) is 0 Å². The molecule has 0 amide bonds. The highest BCUT2D eigenvalue weighted by Crippen LogP contribution is 2.23. The standard InChI is InChI=1S/C17H33N3O3/c1-21-10-7-19-5-2-16(3-6-19)12-20-8-11-23-17(14-20)13-18-4-9-22-15-17/h16,18H,2-15H2,1H3/t17-/m1/s1. The second kappa shape index (κ2) is 8.74. The van der Waals surface area contributed by atoms with E-state index in [-0.39, 0.29) is 5.60 Å². The maximum atomic E-state index is 6.12. The summed E-state index contributed by atoms with van der Waals surface area (Å²) in [6.07, 6.45) is 2.62. The van der Waals surface area contributed by atoms with Crippen LogP contribution in [0.3, 0.4) is 0 Å². The molecule has 3 fully saturated rings. The largest absolute Gasteiger partial charge is 0.383 e. The summed E-state index contributed by atoms with van der Waals surface area (Å²) in [5.74, 6) is 0.823. The number of hydrogen-bond acceptors (Lipinski definition) is 6. The van der Waals surface area contributed by atoms with Crippen molar-refractivity contribution >= 4 is 0 Å². The van der Waals surface area contributed by atoms with Crippen LogP contribution in [0.2, 0.25) is 0 Å². The Labute approximate surface area is 140 Å². The monoisotopic (exact) mass is 327 g/mol. The lowest BCUT2D eigenvalue weighted by atomic mass is 9.94. The van der Waals surface area contributed by atoms with E-state index >= 15 is 0 Å². The van der Waals surface area contributed by atoms with Gasteiger partial charge in [-0.2, -0.15) is 0 Å². The normalized spacial score (nSPS) is 32.2. The van der Waals surface area contributed by atoms with Crippen molar-refractivity contribution in [3.63, 3.8) is 0 Å². The number of nitrogens with one attached hydrogen (secondary N) is 1. The summed E-state index contributed by atoms with van der Waals surface area (Å²) < 4.78 is 17.0. The molecule has 6 nitrogen and oxygen atoms in total. The van der Waals surface area contributed by atoms with E-state index in [1.807, 2.05) is 0 Å². The van der Waals surface area contributed by atoms with Gasteiger partial charge in [-0.15, -0.1) is 0 Å². The van der Waals surface area contributed by atoms with Crippen molar-refractivity contribution in [2.75, 3.05) is 85.9 Å². The molecule has 3 aliphatic heterocycles. The Bertz CT molecular complexity index is 340. The maximum Gasteiger partial charge on any atom is 0.116 e. The molecule has 0 aromatic carbocycles. The molecule has 1 spiro atoms. The first-order valence-corrected chi connectivity index (χ1v) is 9.16. The smallest absolute Gasteiger partial charge is 0.116 e. The zero-order chi connectivity index (χ0) is 16.0. The van der Waals surface area contributed by atoms with E-state index in [0.29, 0.717) is 0 Å². The van der Waals surface area contributed by atoms with Gasteiger partial charge in [0.2, 0.25) is 0 Å². The molecule has 1 N–H and O–H groups in total. The SMILES string of the molecule is COCCN1CCC(CN2CCO[C@]3(CNCCOC3)C2)CC1. The van der Waals surface area contributed by atoms with Crippen LogP contribution >= 0.6 is 0 Å². The molecular formula is C17H33N3O3. The van der Waals surface area contributed by atoms with Crippen molar-refractivity contribution in [1.82, 2.24) is 15.1 Å². The van der Waals surface area contributed by atoms with Crippen molar-refractivity contribution in [3.05, 3.63) is 0 Å². The molecule has 23 heavy (non-hydrogen) atoms. The topological polar surface area (TPSA) is 46.2 Å². The van der Waals surface area contributed by atoms with Crippen LogP contribution in [-0.2, 0) is 14.2 Å². The van der Waals surface area contributed by atoms with Gasteiger partial charge in [-0.25, -0.2) is 0 Å². The molecule has 6 heteroatoms. The summed E-state index contributed by atoms with van der Waals surface area (Å²) in [5.41, 5.74) is -0.131. The fourth-order valence-electron chi connectivity index (χ4n) is 4.02. The van der Waals surface area contributed by atoms with Crippen molar-refractivity contribution in [2.45, 2.75) is 18.4 Å². The summed E-state index contributed by atoms with van der Waals surface area (Å²) >= 11 is 0. The molecule has 0 saturated carbocycles. The van der Waals surface area contributed by atoms with Gasteiger partial charge in [-0.05, 0) is 31.8 Å². The average Bonchev–Trinajstić information content (AvgIpc) is 2.80. The van der Waals surface area contributed by atoms with Crippen molar-refractivity contribution in [3.8, 4) is 0 Å². The van der Waals surface area contributed by atoms with Gasteiger partial charge in [-0.1, -0.05) is 0 Å². The molecule has 0 aromatic rings. The minimum absolute atomic E-state index is 0.131. The molecule has 3 aliphatic rings. The second-order valence-corrected chi connectivity index (χ2v) is 7.27. The van der Waals surface area contributed by atoms with E-state index in [0.717, 1.165) is 65.1 Å². The van der Waals surface area contributed by atoms with Crippen LogP contribution < -0.4 is 5.32 Å². The number of piperidine rings is 1. The summed E-state index contributed by atoms with van der Waals surface area (Å²) in [6.45, 7) is 11.8. The number of morpholine rings is 1. The minimum Gasteiger partial charge on any atom is -0.383 e. The molecule has 0 radical (unpaired) electrons. The summed E-state index contributed by atoms with van der Waals surface area (Å²) in [5, 5.41) is 3.46. The maximum absolute atomic E-state index is 6.12. The number of ether oxygens (including phenoxy) is 3. The van der Waals surface area contributed by atoms with Crippen LogP contribution in [-0.4, -0.2) is 101 Å². The third-order valence-electron chi connectivity index (χ3n) is 5.40. The van der Waals surface area contributed by atoms with E-state index in [1.165, 1.54) is 32.5 Å². The number of nitrogens with zero attached hydrogens (tertiary/aromatic N) is 2. The Morgan fingerprint density at radius 1 is 1.17 bits per heavy atom. The molecular weight excluding hydrogens is 294 g/mol. The van der Waals surface area contributed by atoms with Gasteiger partial charge in [0, 0.05) is 46.4 Å². The Morgan fingerprint density at radius 3 is 2.87 bits per heavy atom. The van der Waals surface area contributed by atoms with Gasteiger partial charge in [0.05, 0.1) is 26.4 Å². The van der Waals surface area contributed by atoms with E-state index in [1.54, 1.807) is 7.11 Å². The Balaban J connectivity index is 1.43. The van der Waals surface area contributed by atoms with Crippen LogP contribution in [0.25, 0.3) is 0 Å². The van der Waals surface area contributed by atoms with Crippen molar-refractivity contribution < 1.29 is 14.2 Å². The fourth-order valence-corrected chi connectivity index (χ4v) is 4.02. The predicted octanol–water partition coefficient (Wildman–Crippen LogP) is 0.0356. The molecule has 1 atom stereocenters. The summed E-state index contributed by atoms with van der Waals surface area (Å²) in [6, 6.07) is 0. The molecule has 0 aromatic heterocycles. The Kier molecular flexibility index (Phi) is 6.68. The highest BCUT2D eigenvalue weighted by atomic mass is 16.5. The number of rotatable bonds is 5. The Hall–Kier alpha value is -0.240. The first-order valence-electron chi connectivity index (χ1n) is 9.16. The Morgan fingerprint density at radius 2 is 2.04 bits per heavy atom. The lowest BCUT2D eigenvalue weighted by Crippen LogP contribution is -2.59. The zero-order valence-corrected chi connectivity index (χ0v) is 14.6. The highest BCUT2D eigenvalue weighted by Gasteiger charge is 2.38.